The fourth-order valence-electron chi connectivity index (χ4n) is 2.89. The van der Waals surface area contributed by atoms with E-state index in [9.17, 15) is 9.59 Å². The fraction of sp³-hybridized carbons (Fsp3) is 0.333. The molecule has 6 heteroatoms. The topological polar surface area (TPSA) is 74.6 Å². The number of amides is 3. The highest BCUT2D eigenvalue weighted by Crippen LogP contribution is 2.26. The van der Waals surface area contributed by atoms with Gasteiger partial charge in [0.1, 0.15) is 5.76 Å². The third-order valence-corrected chi connectivity index (χ3v) is 4.22. The summed E-state index contributed by atoms with van der Waals surface area (Å²) in [7, 11) is 0. The van der Waals surface area contributed by atoms with Crippen molar-refractivity contribution < 1.29 is 14.0 Å². The summed E-state index contributed by atoms with van der Waals surface area (Å²) in [6.07, 6.45) is 2.51. The van der Waals surface area contributed by atoms with Crippen molar-refractivity contribution in [1.29, 1.82) is 0 Å². The molecule has 1 fully saturated rings. The van der Waals surface area contributed by atoms with Gasteiger partial charge >= 0.3 is 6.03 Å². The van der Waals surface area contributed by atoms with Crippen molar-refractivity contribution in [1.82, 2.24) is 15.5 Å². The van der Waals surface area contributed by atoms with Crippen LogP contribution in [0.25, 0.3) is 0 Å². The number of likely N-dealkylation sites (tertiary alicyclic amines) is 1. The van der Waals surface area contributed by atoms with E-state index in [0.717, 1.165) is 13.0 Å². The second-order valence-electron chi connectivity index (χ2n) is 5.85. The molecule has 6 nitrogen and oxygen atoms in total. The molecule has 1 aromatic carbocycles. The maximum Gasteiger partial charge on any atom is 0.315 e. The summed E-state index contributed by atoms with van der Waals surface area (Å²) in [5.74, 6) is 0.992. The lowest BCUT2D eigenvalue weighted by Gasteiger charge is -2.17. The van der Waals surface area contributed by atoms with Crippen molar-refractivity contribution >= 4 is 11.9 Å². The quantitative estimate of drug-likeness (QED) is 0.883. The van der Waals surface area contributed by atoms with Crippen LogP contribution in [0.2, 0.25) is 0 Å². The van der Waals surface area contributed by atoms with Gasteiger partial charge in [0.2, 0.25) is 5.91 Å². The number of hydrogen-bond acceptors (Lipinski definition) is 3. The Morgan fingerprint density at radius 1 is 1.12 bits per heavy atom. The van der Waals surface area contributed by atoms with Gasteiger partial charge in [0.25, 0.3) is 0 Å². The maximum atomic E-state index is 12.2. The van der Waals surface area contributed by atoms with Crippen molar-refractivity contribution in [2.24, 2.45) is 0 Å². The lowest BCUT2D eigenvalue weighted by Crippen LogP contribution is -2.42. The molecule has 1 aliphatic heterocycles. The summed E-state index contributed by atoms with van der Waals surface area (Å²) in [6.45, 7) is 1.74. The lowest BCUT2D eigenvalue weighted by atomic mass is 9.99. The van der Waals surface area contributed by atoms with E-state index in [-0.39, 0.29) is 18.5 Å². The summed E-state index contributed by atoms with van der Waals surface area (Å²) in [4.78, 5) is 25.7. The van der Waals surface area contributed by atoms with Crippen LogP contribution in [0.1, 0.15) is 23.7 Å². The highest BCUT2D eigenvalue weighted by atomic mass is 16.3. The van der Waals surface area contributed by atoms with Gasteiger partial charge in [-0.25, -0.2) is 4.79 Å². The minimum Gasteiger partial charge on any atom is -0.467 e. The fourth-order valence-corrected chi connectivity index (χ4v) is 2.89. The van der Waals surface area contributed by atoms with Crippen LogP contribution < -0.4 is 10.6 Å². The lowest BCUT2D eigenvalue weighted by molar-refractivity contribution is -0.129. The molecule has 1 aliphatic rings. The summed E-state index contributed by atoms with van der Waals surface area (Å²) in [6, 6.07) is 13.4. The Morgan fingerprint density at radius 2 is 1.96 bits per heavy atom. The molecule has 0 spiro atoms. The molecule has 0 radical (unpaired) electrons. The van der Waals surface area contributed by atoms with Gasteiger partial charge in [-0.15, -0.1) is 0 Å². The molecule has 2 aromatic rings. The normalized spacial score (nSPS) is 16.8. The summed E-state index contributed by atoms with van der Waals surface area (Å²) >= 11 is 0. The van der Waals surface area contributed by atoms with Crippen LogP contribution >= 0.6 is 0 Å². The van der Waals surface area contributed by atoms with Crippen LogP contribution in [-0.2, 0) is 11.3 Å². The minimum absolute atomic E-state index is 0.00545. The van der Waals surface area contributed by atoms with Crippen LogP contribution in [0.5, 0.6) is 0 Å². The smallest absolute Gasteiger partial charge is 0.315 e. The van der Waals surface area contributed by atoms with Gasteiger partial charge < -0.3 is 20.0 Å². The minimum atomic E-state index is -0.376. The first-order valence-corrected chi connectivity index (χ1v) is 8.09. The van der Waals surface area contributed by atoms with Gasteiger partial charge in [-0.1, -0.05) is 30.3 Å². The first-order valence-electron chi connectivity index (χ1n) is 8.09. The number of carbonyl (C=O) groups excluding carboxylic acids is 2. The molecule has 1 atom stereocenters. The molecule has 0 bridgehead atoms. The van der Waals surface area contributed by atoms with Crippen molar-refractivity contribution in [3.8, 4) is 0 Å². The van der Waals surface area contributed by atoms with Crippen molar-refractivity contribution in [3.05, 3.63) is 60.1 Å². The number of nitrogens with zero attached hydrogens (tertiary/aromatic N) is 1. The predicted octanol–water partition coefficient (Wildman–Crippen LogP) is 2.09. The van der Waals surface area contributed by atoms with Gasteiger partial charge in [0, 0.05) is 19.0 Å². The highest BCUT2D eigenvalue weighted by Gasteiger charge is 2.27. The van der Waals surface area contributed by atoms with Gasteiger partial charge in [-0.05, 0) is 24.1 Å². The molecule has 0 aliphatic carbocycles. The number of carbonyl (C=O) groups is 2. The van der Waals surface area contributed by atoms with Crippen molar-refractivity contribution in [2.75, 3.05) is 19.6 Å². The van der Waals surface area contributed by atoms with E-state index in [1.807, 2.05) is 23.1 Å². The Bertz CT molecular complexity index is 670. The van der Waals surface area contributed by atoms with Gasteiger partial charge in [-0.2, -0.15) is 0 Å². The van der Waals surface area contributed by atoms with Gasteiger partial charge in [0.05, 0.1) is 19.4 Å². The number of rotatable bonds is 5. The number of nitrogens with one attached hydrogen (secondary N) is 2. The number of benzene rings is 1. The molecule has 1 aromatic heterocycles. The molecule has 2 N–H and O–H groups in total. The Labute approximate surface area is 140 Å². The maximum absolute atomic E-state index is 12.2. The van der Waals surface area contributed by atoms with E-state index in [1.54, 1.807) is 18.4 Å². The molecule has 0 saturated carbocycles. The molecule has 0 unspecified atom stereocenters. The number of urea groups is 1. The Morgan fingerprint density at radius 3 is 2.71 bits per heavy atom. The third kappa shape index (κ3) is 4.16. The Kier molecular flexibility index (Phi) is 5.15. The van der Waals surface area contributed by atoms with E-state index < -0.39 is 0 Å². The zero-order valence-electron chi connectivity index (χ0n) is 13.4. The molecule has 24 heavy (non-hydrogen) atoms. The van der Waals surface area contributed by atoms with Gasteiger partial charge in [-0.3, -0.25) is 4.79 Å². The molecular weight excluding hydrogens is 306 g/mol. The molecule has 1 saturated heterocycles. The van der Waals surface area contributed by atoms with E-state index in [2.05, 4.69) is 22.8 Å². The van der Waals surface area contributed by atoms with Crippen LogP contribution in [0.4, 0.5) is 4.79 Å². The second kappa shape index (κ2) is 7.68. The second-order valence-corrected chi connectivity index (χ2v) is 5.85. The van der Waals surface area contributed by atoms with E-state index >= 15 is 0 Å². The predicted molar refractivity (Wildman–Crippen MR) is 89.3 cm³/mol. The number of furan rings is 1. The monoisotopic (exact) mass is 327 g/mol. The Hall–Kier alpha value is -2.76. The first-order chi connectivity index (χ1) is 11.7. The standard InChI is InChI=1S/C18H21N3O3/c22-17(12-20-18(23)19-11-16-7-4-10-24-16)21-9-8-15(13-21)14-5-2-1-3-6-14/h1-7,10,15H,8-9,11-13H2,(H2,19,20,23)/t15-/m0/s1. The summed E-state index contributed by atoms with van der Waals surface area (Å²) < 4.78 is 5.13. The summed E-state index contributed by atoms with van der Waals surface area (Å²) in [5, 5.41) is 5.24. The molecule has 2 heterocycles. The number of hydrogen-bond donors (Lipinski definition) is 2. The van der Waals surface area contributed by atoms with E-state index in [4.69, 9.17) is 4.42 Å². The first kappa shape index (κ1) is 16.1. The van der Waals surface area contributed by atoms with E-state index in [1.165, 1.54) is 5.56 Å². The molecule has 3 rings (SSSR count). The molecule has 126 valence electrons. The molecular formula is C18H21N3O3. The summed E-state index contributed by atoms with van der Waals surface area (Å²) in [5.41, 5.74) is 1.26. The van der Waals surface area contributed by atoms with Crippen LogP contribution in [-0.4, -0.2) is 36.5 Å². The molecule has 3 amide bonds. The zero-order chi connectivity index (χ0) is 16.8. The van der Waals surface area contributed by atoms with Crippen LogP contribution in [0.3, 0.4) is 0 Å². The largest absolute Gasteiger partial charge is 0.467 e. The Balaban J connectivity index is 1.40. The van der Waals surface area contributed by atoms with Crippen LogP contribution in [0.15, 0.2) is 53.1 Å². The van der Waals surface area contributed by atoms with Crippen molar-refractivity contribution in [2.45, 2.75) is 18.9 Å². The third-order valence-electron chi connectivity index (χ3n) is 4.22. The van der Waals surface area contributed by atoms with Crippen LogP contribution in [0, 0.1) is 0 Å². The van der Waals surface area contributed by atoms with E-state index in [0.29, 0.717) is 24.8 Å². The zero-order valence-corrected chi connectivity index (χ0v) is 13.4. The average molecular weight is 327 g/mol. The van der Waals surface area contributed by atoms with Gasteiger partial charge in [0.15, 0.2) is 0 Å². The van der Waals surface area contributed by atoms with Crippen molar-refractivity contribution in [3.63, 3.8) is 0 Å². The SMILES string of the molecule is O=C(NCC(=O)N1CC[C@H](c2ccccc2)C1)NCc1ccco1. The average Bonchev–Trinajstić information content (AvgIpc) is 3.30. The highest BCUT2D eigenvalue weighted by molar-refractivity contribution is 5.84.